The number of rotatable bonds is 9. The van der Waals surface area contributed by atoms with E-state index in [1.165, 1.54) is 11.1 Å². The lowest BCUT2D eigenvalue weighted by atomic mass is 10.1. The number of aryl methyl sites for hydroxylation is 1. The van der Waals surface area contributed by atoms with E-state index in [9.17, 15) is 0 Å². The van der Waals surface area contributed by atoms with Crippen LogP contribution >= 0.6 is 12.4 Å². The molecule has 30 heavy (non-hydrogen) atoms. The van der Waals surface area contributed by atoms with Crippen molar-refractivity contribution in [3.63, 3.8) is 0 Å². The quantitative estimate of drug-likeness (QED) is 0.399. The number of halogens is 1. The molecular weight excluding hydrogens is 394 g/mol. The first-order valence-electron chi connectivity index (χ1n) is 10.5. The van der Waals surface area contributed by atoms with Crippen molar-refractivity contribution in [2.24, 2.45) is 0 Å². The lowest BCUT2D eigenvalue weighted by Gasteiger charge is -2.34. The summed E-state index contributed by atoms with van der Waals surface area (Å²) in [6.07, 6.45) is 0.891. The Kier molecular flexibility index (Phi) is 13.2. The fraction of sp³-hybridized carbons (Fsp3) is 0.462. The second-order valence-electron chi connectivity index (χ2n) is 7.92. The summed E-state index contributed by atoms with van der Waals surface area (Å²) in [7, 11) is 1.75. The second kappa shape index (κ2) is 14.1. The Balaban J connectivity index is 0.00000272. The zero-order valence-corrected chi connectivity index (χ0v) is 20.6. The Hall–Kier alpha value is -1.97. The van der Waals surface area contributed by atoms with Gasteiger partial charge in [-0.3, -0.25) is 0 Å². The van der Waals surface area contributed by atoms with E-state index >= 15 is 0 Å². The smallest absolute Gasteiger partial charge is 0.182 e. The molecule has 3 nitrogen and oxygen atoms in total. The predicted molar refractivity (Wildman–Crippen MR) is 131 cm³/mol. The molecule has 0 amide bonds. The van der Waals surface area contributed by atoms with Gasteiger partial charge in [-0.15, -0.1) is 12.4 Å². The number of benzene rings is 2. The molecule has 0 bridgehead atoms. The minimum Gasteiger partial charge on any atom is -0.474 e. The van der Waals surface area contributed by atoms with Gasteiger partial charge in [-0.2, -0.15) is 0 Å². The Labute approximate surface area is 190 Å². The highest BCUT2D eigenvalue weighted by molar-refractivity contribution is 5.85. The van der Waals surface area contributed by atoms with Crippen LogP contribution in [0.3, 0.4) is 0 Å². The highest BCUT2D eigenvalue weighted by Crippen LogP contribution is 2.23. The van der Waals surface area contributed by atoms with E-state index in [4.69, 9.17) is 9.47 Å². The molecule has 0 aliphatic carbocycles. The second-order valence-corrected chi connectivity index (χ2v) is 7.92. The maximum absolute atomic E-state index is 6.06. The third-order valence-electron chi connectivity index (χ3n) is 4.41. The summed E-state index contributed by atoms with van der Waals surface area (Å²) in [5, 5.41) is 0. The molecule has 0 radical (unpaired) electrons. The molecule has 1 atom stereocenters. The number of methoxy groups -OCH3 is 1. The van der Waals surface area contributed by atoms with Crippen molar-refractivity contribution in [1.82, 2.24) is 4.90 Å². The normalized spacial score (nSPS) is 11.4. The first-order valence-corrected chi connectivity index (χ1v) is 10.5. The zero-order valence-electron chi connectivity index (χ0n) is 19.8. The zero-order chi connectivity index (χ0) is 21.9. The van der Waals surface area contributed by atoms with Gasteiger partial charge in [0.05, 0.1) is 12.6 Å². The van der Waals surface area contributed by atoms with E-state index in [0.29, 0.717) is 12.4 Å². The van der Waals surface area contributed by atoms with Crippen LogP contribution in [0.2, 0.25) is 0 Å². The number of ether oxygens (including phenoxy) is 2. The molecule has 0 aromatic heterocycles. The molecule has 4 heteroatoms. The summed E-state index contributed by atoms with van der Waals surface area (Å²) in [6, 6.07) is 19.0. The van der Waals surface area contributed by atoms with E-state index in [1.54, 1.807) is 7.11 Å². The van der Waals surface area contributed by atoms with Crippen LogP contribution in [0.4, 0.5) is 0 Å². The number of hydrogen-bond donors (Lipinski definition) is 0. The van der Waals surface area contributed by atoms with Crippen LogP contribution in [0.25, 0.3) is 0 Å². The van der Waals surface area contributed by atoms with Crippen molar-refractivity contribution in [3.05, 3.63) is 83.7 Å². The molecule has 0 fully saturated rings. The SMILES string of the molecule is C=C(OC(C)(C)C)N(CCc1ccc(C)cc1)CC(OC)c1ccccc1.CC.Cl. The minimum atomic E-state index is -0.283. The summed E-state index contributed by atoms with van der Waals surface area (Å²) in [5.41, 5.74) is 3.46. The molecule has 2 rings (SSSR count). The maximum Gasteiger partial charge on any atom is 0.182 e. The molecule has 168 valence electrons. The molecule has 0 saturated heterocycles. The van der Waals surface area contributed by atoms with Crippen molar-refractivity contribution in [2.75, 3.05) is 20.2 Å². The monoisotopic (exact) mass is 433 g/mol. The molecule has 0 spiro atoms. The lowest BCUT2D eigenvalue weighted by Crippen LogP contribution is -2.34. The highest BCUT2D eigenvalue weighted by atomic mass is 35.5. The third-order valence-corrected chi connectivity index (χ3v) is 4.41. The summed E-state index contributed by atoms with van der Waals surface area (Å²) in [4.78, 5) is 2.19. The summed E-state index contributed by atoms with van der Waals surface area (Å²) < 4.78 is 11.8. The van der Waals surface area contributed by atoms with Gasteiger partial charge in [0.15, 0.2) is 5.88 Å². The Morgan fingerprint density at radius 1 is 1.00 bits per heavy atom. The fourth-order valence-electron chi connectivity index (χ4n) is 2.94. The van der Waals surface area contributed by atoms with Crippen molar-refractivity contribution in [3.8, 4) is 0 Å². The molecule has 0 N–H and O–H groups in total. The standard InChI is InChI=1S/C24H33NO2.C2H6.ClH/c1-19-12-14-21(15-13-19)16-17-25(20(2)27-24(3,4)5)18-23(26-6)22-10-8-7-9-11-22;1-2;/h7-15,23H,2,16-18H2,1,3-6H3;1-2H3;1H. The molecule has 0 aliphatic rings. The van der Waals surface area contributed by atoms with E-state index < -0.39 is 0 Å². The predicted octanol–water partition coefficient (Wildman–Crippen LogP) is 6.96. The van der Waals surface area contributed by atoms with Crippen LogP contribution < -0.4 is 0 Å². The van der Waals surface area contributed by atoms with E-state index in [0.717, 1.165) is 18.5 Å². The van der Waals surface area contributed by atoms with E-state index in [2.05, 4.69) is 54.8 Å². The van der Waals surface area contributed by atoms with Gasteiger partial charge < -0.3 is 14.4 Å². The van der Waals surface area contributed by atoms with Gasteiger partial charge in [-0.05, 0) is 51.8 Å². The Bertz CT molecular complexity index is 708. The summed E-state index contributed by atoms with van der Waals surface area (Å²) in [6.45, 7) is 18.0. The van der Waals surface area contributed by atoms with Gasteiger partial charge in [0.2, 0.25) is 0 Å². The molecule has 2 aromatic carbocycles. The van der Waals surface area contributed by atoms with Crippen molar-refractivity contribution < 1.29 is 9.47 Å². The van der Waals surface area contributed by atoms with Crippen molar-refractivity contribution >= 4 is 12.4 Å². The Morgan fingerprint density at radius 2 is 1.57 bits per heavy atom. The van der Waals surface area contributed by atoms with Gasteiger partial charge in [-0.1, -0.05) is 74.0 Å². The van der Waals surface area contributed by atoms with Crippen LogP contribution in [0.15, 0.2) is 67.1 Å². The molecule has 0 heterocycles. The van der Waals surface area contributed by atoms with Crippen molar-refractivity contribution in [1.29, 1.82) is 0 Å². The van der Waals surface area contributed by atoms with Gasteiger partial charge in [0, 0.05) is 13.7 Å². The molecule has 0 aliphatic heterocycles. The minimum absolute atomic E-state index is 0. The van der Waals surface area contributed by atoms with Gasteiger partial charge in [0.25, 0.3) is 0 Å². The third kappa shape index (κ3) is 10.2. The summed E-state index contributed by atoms with van der Waals surface area (Å²) >= 11 is 0. The highest BCUT2D eigenvalue weighted by Gasteiger charge is 2.21. The average molecular weight is 434 g/mol. The molecule has 0 saturated carbocycles. The van der Waals surface area contributed by atoms with Crippen LogP contribution in [0, 0.1) is 6.92 Å². The van der Waals surface area contributed by atoms with Gasteiger partial charge in [0.1, 0.15) is 5.60 Å². The topological polar surface area (TPSA) is 21.7 Å². The molecule has 2 aromatic rings. The van der Waals surface area contributed by atoms with Gasteiger partial charge >= 0.3 is 0 Å². The molecular formula is C26H40ClNO2. The van der Waals surface area contributed by atoms with Crippen LogP contribution in [-0.2, 0) is 15.9 Å². The molecule has 1 unspecified atom stereocenters. The number of nitrogens with zero attached hydrogens (tertiary/aromatic N) is 1. The Morgan fingerprint density at radius 3 is 2.07 bits per heavy atom. The van der Waals surface area contributed by atoms with Crippen LogP contribution in [-0.4, -0.2) is 30.7 Å². The van der Waals surface area contributed by atoms with Crippen LogP contribution in [0.5, 0.6) is 0 Å². The van der Waals surface area contributed by atoms with Crippen LogP contribution in [0.1, 0.15) is 57.4 Å². The average Bonchev–Trinajstić information content (AvgIpc) is 2.70. The fourth-order valence-corrected chi connectivity index (χ4v) is 2.94. The number of hydrogen-bond acceptors (Lipinski definition) is 3. The maximum atomic E-state index is 6.06. The summed E-state index contributed by atoms with van der Waals surface area (Å²) in [5.74, 6) is 0.688. The lowest BCUT2D eigenvalue weighted by molar-refractivity contribution is -0.0148. The largest absolute Gasteiger partial charge is 0.474 e. The van der Waals surface area contributed by atoms with E-state index in [1.807, 2.05) is 52.8 Å². The first-order chi connectivity index (χ1) is 13.8. The van der Waals surface area contributed by atoms with E-state index in [-0.39, 0.29) is 24.1 Å². The first kappa shape index (κ1) is 28.0. The van der Waals surface area contributed by atoms with Crippen molar-refractivity contribution in [2.45, 2.75) is 59.7 Å². The van der Waals surface area contributed by atoms with Gasteiger partial charge in [-0.25, -0.2) is 0 Å².